The summed E-state index contributed by atoms with van der Waals surface area (Å²) in [6.07, 6.45) is 1.23. The van der Waals surface area contributed by atoms with Crippen molar-refractivity contribution in [2.24, 2.45) is 0 Å². The average molecular weight is 529 g/mol. The molecule has 0 aliphatic heterocycles. The quantitative estimate of drug-likeness (QED) is 0.299. The van der Waals surface area contributed by atoms with Gasteiger partial charge in [-0.15, -0.1) is 0 Å². The Morgan fingerprint density at radius 2 is 1.88 bits per heavy atom. The summed E-state index contributed by atoms with van der Waals surface area (Å²) in [5.41, 5.74) is 3.42. The fourth-order valence-electron chi connectivity index (χ4n) is 3.19. The van der Waals surface area contributed by atoms with Gasteiger partial charge in [-0.05, 0) is 60.5 Å². The van der Waals surface area contributed by atoms with E-state index in [0.717, 1.165) is 27.1 Å². The topological polar surface area (TPSA) is 80.5 Å². The van der Waals surface area contributed by atoms with Gasteiger partial charge in [0.1, 0.15) is 11.4 Å². The van der Waals surface area contributed by atoms with Crippen molar-refractivity contribution in [2.75, 3.05) is 10.6 Å². The van der Waals surface area contributed by atoms with Crippen LogP contribution in [0.25, 0.3) is 16.9 Å². The maximum absolute atomic E-state index is 11.9. The molecule has 0 bridgehead atoms. The van der Waals surface area contributed by atoms with Gasteiger partial charge in [-0.1, -0.05) is 41.9 Å². The molecule has 4 aromatic rings. The van der Waals surface area contributed by atoms with Gasteiger partial charge in [0, 0.05) is 28.9 Å². The predicted molar refractivity (Wildman–Crippen MR) is 135 cm³/mol. The molecule has 0 aliphatic carbocycles. The molecule has 0 saturated heterocycles. The molecule has 0 spiro atoms. The Morgan fingerprint density at radius 1 is 1.15 bits per heavy atom. The van der Waals surface area contributed by atoms with Crippen molar-refractivity contribution >= 4 is 50.8 Å². The van der Waals surface area contributed by atoms with Gasteiger partial charge in [-0.3, -0.25) is 5.32 Å². The Bertz CT molecular complexity index is 1300. The lowest BCUT2D eigenvalue weighted by Crippen LogP contribution is -2.27. The maximum atomic E-state index is 11.9. The molecule has 170 valence electrons. The van der Waals surface area contributed by atoms with Crippen molar-refractivity contribution in [1.82, 2.24) is 14.6 Å². The minimum Gasteiger partial charge on any atom is -0.444 e. The van der Waals surface area contributed by atoms with Crippen molar-refractivity contribution in [1.29, 1.82) is 0 Å². The molecule has 0 unspecified atom stereocenters. The van der Waals surface area contributed by atoms with Crippen molar-refractivity contribution in [3.63, 3.8) is 0 Å². The monoisotopic (exact) mass is 527 g/mol. The first-order chi connectivity index (χ1) is 15.7. The Morgan fingerprint density at radius 3 is 2.58 bits per heavy atom. The van der Waals surface area contributed by atoms with Crippen LogP contribution in [-0.2, 0) is 11.3 Å². The highest BCUT2D eigenvalue weighted by Gasteiger charge is 2.16. The van der Waals surface area contributed by atoms with E-state index in [1.54, 1.807) is 10.7 Å². The third-order valence-corrected chi connectivity index (χ3v) is 5.54. The van der Waals surface area contributed by atoms with E-state index in [0.29, 0.717) is 22.9 Å². The molecule has 7 nitrogen and oxygen atoms in total. The summed E-state index contributed by atoms with van der Waals surface area (Å²) in [5.74, 6) is 0.775. The molecule has 33 heavy (non-hydrogen) atoms. The number of anilines is 2. The van der Waals surface area contributed by atoms with E-state index in [1.165, 1.54) is 0 Å². The third-order valence-electron chi connectivity index (χ3n) is 4.65. The van der Waals surface area contributed by atoms with Crippen LogP contribution in [0, 0.1) is 0 Å². The maximum Gasteiger partial charge on any atom is 0.412 e. The molecular formula is C24H23BrClN5O2. The summed E-state index contributed by atoms with van der Waals surface area (Å²) < 4.78 is 7.81. The molecular weight excluding hydrogens is 506 g/mol. The summed E-state index contributed by atoms with van der Waals surface area (Å²) in [6, 6.07) is 17.1. The largest absolute Gasteiger partial charge is 0.444 e. The lowest BCUT2D eigenvalue weighted by Gasteiger charge is -2.19. The number of benzene rings is 2. The van der Waals surface area contributed by atoms with E-state index in [-0.39, 0.29) is 0 Å². The highest BCUT2D eigenvalue weighted by atomic mass is 79.9. The molecule has 0 saturated carbocycles. The van der Waals surface area contributed by atoms with E-state index in [1.807, 2.05) is 75.4 Å². The first kappa shape index (κ1) is 23.1. The third kappa shape index (κ3) is 5.64. The molecule has 2 N–H and O–H groups in total. The van der Waals surface area contributed by atoms with Gasteiger partial charge in [0.25, 0.3) is 0 Å². The standard InChI is InChI=1S/C24H23BrClN5O2/c1-24(2,3)33-23(32)29-16-10-8-15(9-11-16)13-27-21-12-20(17-6-4-5-7-19(17)26)30-22-18(25)14-28-31(21)22/h4-12,14,27H,13H2,1-3H3,(H,29,32). The lowest BCUT2D eigenvalue weighted by atomic mass is 10.1. The molecule has 0 fully saturated rings. The number of carbonyl (C=O) groups excluding carboxylic acids is 1. The number of hydrogen-bond donors (Lipinski definition) is 2. The first-order valence-corrected chi connectivity index (χ1v) is 11.5. The average Bonchev–Trinajstić information content (AvgIpc) is 3.13. The number of amides is 1. The van der Waals surface area contributed by atoms with Gasteiger partial charge < -0.3 is 10.1 Å². The Kier molecular flexibility index (Phi) is 6.58. The van der Waals surface area contributed by atoms with Crippen molar-refractivity contribution in [3.8, 4) is 11.3 Å². The number of nitrogens with zero attached hydrogens (tertiary/aromatic N) is 3. The number of aromatic nitrogens is 3. The van der Waals surface area contributed by atoms with Gasteiger partial charge in [0.05, 0.1) is 16.4 Å². The van der Waals surface area contributed by atoms with E-state index in [2.05, 4.69) is 31.7 Å². The minimum absolute atomic E-state index is 0.482. The van der Waals surface area contributed by atoms with Crippen LogP contribution < -0.4 is 10.6 Å². The van der Waals surface area contributed by atoms with Crippen LogP contribution in [0.5, 0.6) is 0 Å². The SMILES string of the molecule is CC(C)(C)OC(=O)Nc1ccc(CNc2cc(-c3ccccc3Cl)nc3c(Br)cnn23)cc1. The molecule has 2 aromatic carbocycles. The predicted octanol–water partition coefficient (Wildman–Crippen LogP) is 6.77. The van der Waals surface area contributed by atoms with E-state index in [9.17, 15) is 4.79 Å². The molecule has 0 radical (unpaired) electrons. The molecule has 9 heteroatoms. The zero-order valence-electron chi connectivity index (χ0n) is 18.4. The van der Waals surface area contributed by atoms with Crippen molar-refractivity contribution in [2.45, 2.75) is 32.9 Å². The normalized spacial score (nSPS) is 11.4. The van der Waals surface area contributed by atoms with E-state index >= 15 is 0 Å². The number of ether oxygens (including phenoxy) is 1. The summed E-state index contributed by atoms with van der Waals surface area (Å²) in [7, 11) is 0. The van der Waals surface area contributed by atoms with E-state index < -0.39 is 11.7 Å². The van der Waals surface area contributed by atoms with Gasteiger partial charge >= 0.3 is 6.09 Å². The molecule has 1 amide bonds. The molecule has 2 heterocycles. The smallest absolute Gasteiger partial charge is 0.412 e. The second kappa shape index (κ2) is 9.41. The molecule has 2 aromatic heterocycles. The van der Waals surface area contributed by atoms with Crippen LogP contribution in [0.15, 0.2) is 65.3 Å². The summed E-state index contributed by atoms with van der Waals surface area (Å²) in [4.78, 5) is 16.7. The van der Waals surface area contributed by atoms with Gasteiger partial charge in [0.15, 0.2) is 5.65 Å². The lowest BCUT2D eigenvalue weighted by molar-refractivity contribution is 0.0636. The summed E-state index contributed by atoms with van der Waals surface area (Å²) in [5, 5.41) is 11.2. The first-order valence-electron chi connectivity index (χ1n) is 10.3. The molecule has 4 rings (SSSR count). The highest BCUT2D eigenvalue weighted by molar-refractivity contribution is 9.10. The van der Waals surface area contributed by atoms with Crippen LogP contribution in [-0.4, -0.2) is 26.3 Å². The van der Waals surface area contributed by atoms with E-state index in [4.69, 9.17) is 21.3 Å². The fraction of sp³-hybridized carbons (Fsp3) is 0.208. The second-order valence-electron chi connectivity index (χ2n) is 8.41. The van der Waals surface area contributed by atoms with Gasteiger partial charge in [0.2, 0.25) is 0 Å². The van der Waals surface area contributed by atoms with Crippen LogP contribution in [0.4, 0.5) is 16.3 Å². The Labute approximate surface area is 205 Å². The van der Waals surface area contributed by atoms with Crippen molar-refractivity contribution in [3.05, 3.63) is 75.9 Å². The number of fused-ring (bicyclic) bond motifs is 1. The van der Waals surface area contributed by atoms with Crippen LogP contribution in [0.1, 0.15) is 26.3 Å². The van der Waals surface area contributed by atoms with Gasteiger partial charge in [-0.2, -0.15) is 9.61 Å². The van der Waals surface area contributed by atoms with Crippen LogP contribution in [0.3, 0.4) is 0 Å². The molecule has 0 atom stereocenters. The number of carbonyl (C=O) groups is 1. The summed E-state index contributed by atoms with van der Waals surface area (Å²) >= 11 is 9.92. The zero-order valence-corrected chi connectivity index (χ0v) is 20.7. The van der Waals surface area contributed by atoms with Gasteiger partial charge in [-0.25, -0.2) is 9.78 Å². The van der Waals surface area contributed by atoms with Crippen LogP contribution >= 0.6 is 27.5 Å². The number of rotatable bonds is 5. The Balaban J connectivity index is 1.52. The summed E-state index contributed by atoms with van der Waals surface area (Å²) in [6.45, 7) is 6.03. The van der Waals surface area contributed by atoms with Crippen molar-refractivity contribution < 1.29 is 9.53 Å². The minimum atomic E-state index is -0.547. The highest BCUT2D eigenvalue weighted by Crippen LogP contribution is 2.30. The number of halogens is 2. The second-order valence-corrected chi connectivity index (χ2v) is 9.67. The number of hydrogen-bond acceptors (Lipinski definition) is 5. The molecule has 0 aliphatic rings. The number of nitrogens with one attached hydrogen (secondary N) is 2. The Hall–Kier alpha value is -3.10. The van der Waals surface area contributed by atoms with Crippen LogP contribution in [0.2, 0.25) is 5.02 Å². The zero-order chi connectivity index (χ0) is 23.6. The fourth-order valence-corrected chi connectivity index (χ4v) is 3.77.